The highest BCUT2D eigenvalue weighted by Gasteiger charge is 2.32. The van der Waals surface area contributed by atoms with Gasteiger partial charge in [-0.05, 0) is 49.7 Å². The second-order valence-electron chi connectivity index (χ2n) is 7.79. The highest BCUT2D eigenvalue weighted by Crippen LogP contribution is 2.48. The summed E-state index contributed by atoms with van der Waals surface area (Å²) in [4.78, 5) is 22.5. The summed E-state index contributed by atoms with van der Waals surface area (Å²) in [5.41, 5.74) is 1.87. The van der Waals surface area contributed by atoms with Crippen LogP contribution in [0.5, 0.6) is 0 Å². The number of piperazine rings is 1. The standard InChI is InChI=1S/C22H24ClN3OS.2ClH/c23-16-7-8-21-19(14-16)26(18-5-1-2-6-20(18)28-21)22(27)9-11-24-12-13-25-10-3-4-17(25)15-24;;/h1-2,5-8,14,17H,3-4,9-13,15H2;2*1H/t17-;;/m0../s1. The summed E-state index contributed by atoms with van der Waals surface area (Å²) in [7, 11) is 0. The summed E-state index contributed by atoms with van der Waals surface area (Å²) >= 11 is 7.96. The van der Waals surface area contributed by atoms with Gasteiger partial charge >= 0.3 is 0 Å². The van der Waals surface area contributed by atoms with Crippen molar-refractivity contribution in [2.75, 3.05) is 37.6 Å². The van der Waals surface area contributed by atoms with Gasteiger partial charge in [0.2, 0.25) is 5.91 Å². The van der Waals surface area contributed by atoms with Crippen LogP contribution in [0.25, 0.3) is 0 Å². The monoisotopic (exact) mass is 485 g/mol. The predicted octanol–water partition coefficient (Wildman–Crippen LogP) is 5.48. The molecule has 3 aliphatic heterocycles. The molecule has 2 fully saturated rings. The molecule has 0 unspecified atom stereocenters. The maximum atomic E-state index is 13.3. The minimum Gasteiger partial charge on any atom is -0.300 e. The number of hydrogen-bond acceptors (Lipinski definition) is 4. The summed E-state index contributed by atoms with van der Waals surface area (Å²) in [6, 6.07) is 14.6. The molecular formula is C22H26Cl3N3OS. The fourth-order valence-corrected chi connectivity index (χ4v) is 5.83. The second kappa shape index (κ2) is 10.1. The van der Waals surface area contributed by atoms with E-state index in [1.54, 1.807) is 11.8 Å². The lowest BCUT2D eigenvalue weighted by Gasteiger charge is -2.38. The molecule has 162 valence electrons. The highest BCUT2D eigenvalue weighted by molar-refractivity contribution is 7.99. The van der Waals surface area contributed by atoms with Crippen molar-refractivity contribution in [1.29, 1.82) is 0 Å². The van der Waals surface area contributed by atoms with Crippen LogP contribution in [-0.2, 0) is 4.79 Å². The van der Waals surface area contributed by atoms with Crippen molar-refractivity contribution in [1.82, 2.24) is 9.80 Å². The molecule has 1 atom stereocenters. The van der Waals surface area contributed by atoms with Crippen LogP contribution in [0.1, 0.15) is 19.3 Å². The zero-order valence-corrected chi connectivity index (χ0v) is 19.8. The van der Waals surface area contributed by atoms with Crippen molar-refractivity contribution in [3.8, 4) is 0 Å². The maximum Gasteiger partial charge on any atom is 0.232 e. The van der Waals surface area contributed by atoms with Crippen molar-refractivity contribution >= 4 is 65.5 Å². The lowest BCUT2D eigenvalue weighted by atomic mass is 10.1. The number of para-hydroxylation sites is 1. The Morgan fingerprint density at radius 3 is 2.70 bits per heavy atom. The Bertz CT molecular complexity index is 913. The SMILES string of the molecule is Cl.Cl.O=C(CCN1CCN2CCC[C@H]2C1)N1c2ccccc2Sc2ccc(Cl)cc21. The van der Waals surface area contributed by atoms with Gasteiger partial charge in [0.05, 0.1) is 11.4 Å². The Morgan fingerprint density at radius 1 is 1.03 bits per heavy atom. The fourth-order valence-electron chi connectivity index (χ4n) is 4.62. The smallest absolute Gasteiger partial charge is 0.232 e. The largest absolute Gasteiger partial charge is 0.300 e. The van der Waals surface area contributed by atoms with Gasteiger partial charge in [0.1, 0.15) is 0 Å². The summed E-state index contributed by atoms with van der Waals surface area (Å²) < 4.78 is 0. The van der Waals surface area contributed by atoms with Gasteiger partial charge in [-0.1, -0.05) is 35.5 Å². The first kappa shape index (κ1) is 23.7. The number of hydrogen-bond donors (Lipinski definition) is 0. The fraction of sp³-hybridized carbons (Fsp3) is 0.409. The minimum absolute atomic E-state index is 0. The number of carbonyl (C=O) groups excluding carboxylic acids is 1. The minimum atomic E-state index is 0. The molecule has 3 aliphatic rings. The molecule has 4 nitrogen and oxygen atoms in total. The number of carbonyl (C=O) groups is 1. The van der Waals surface area contributed by atoms with Crippen LogP contribution in [0.2, 0.25) is 5.02 Å². The Kier molecular flexibility index (Phi) is 7.99. The van der Waals surface area contributed by atoms with Crippen molar-refractivity contribution < 1.29 is 4.79 Å². The number of halogens is 3. The van der Waals surface area contributed by atoms with Gasteiger partial charge in [-0.15, -0.1) is 24.8 Å². The third kappa shape index (κ3) is 4.62. The zero-order chi connectivity index (χ0) is 19.1. The van der Waals surface area contributed by atoms with Crippen molar-refractivity contribution in [2.45, 2.75) is 35.1 Å². The molecule has 2 aromatic carbocycles. The van der Waals surface area contributed by atoms with Gasteiger partial charge in [-0.25, -0.2) is 0 Å². The van der Waals surface area contributed by atoms with Gasteiger partial charge in [-0.2, -0.15) is 0 Å². The summed E-state index contributed by atoms with van der Waals surface area (Å²) in [5, 5.41) is 0.661. The first-order valence-electron chi connectivity index (χ1n) is 10.0. The number of anilines is 2. The van der Waals surface area contributed by atoms with E-state index in [1.807, 2.05) is 41.3 Å². The molecule has 8 heteroatoms. The molecule has 1 amide bonds. The average Bonchev–Trinajstić information content (AvgIpc) is 3.18. The average molecular weight is 487 g/mol. The van der Waals surface area contributed by atoms with Crippen LogP contribution in [-0.4, -0.2) is 54.5 Å². The molecule has 2 aromatic rings. The number of benzene rings is 2. The Morgan fingerprint density at radius 2 is 1.83 bits per heavy atom. The van der Waals surface area contributed by atoms with E-state index in [0.29, 0.717) is 17.5 Å². The third-order valence-electron chi connectivity index (χ3n) is 6.05. The zero-order valence-electron chi connectivity index (χ0n) is 16.6. The van der Waals surface area contributed by atoms with Crippen molar-refractivity contribution in [2.24, 2.45) is 0 Å². The first-order valence-corrected chi connectivity index (χ1v) is 11.2. The number of rotatable bonds is 3. The highest BCUT2D eigenvalue weighted by atomic mass is 35.5. The van der Waals surface area contributed by atoms with Gasteiger partial charge in [0.25, 0.3) is 0 Å². The van der Waals surface area contributed by atoms with Crippen LogP contribution in [0.4, 0.5) is 11.4 Å². The third-order valence-corrected chi connectivity index (χ3v) is 7.42. The Labute approximate surface area is 199 Å². The molecule has 0 saturated carbocycles. The van der Waals surface area contributed by atoms with E-state index in [0.717, 1.165) is 47.3 Å². The lowest BCUT2D eigenvalue weighted by molar-refractivity contribution is -0.118. The summed E-state index contributed by atoms with van der Waals surface area (Å²) in [5.74, 6) is 0.144. The van der Waals surface area contributed by atoms with E-state index >= 15 is 0 Å². The molecule has 3 heterocycles. The van der Waals surface area contributed by atoms with Crippen LogP contribution in [0, 0.1) is 0 Å². The molecule has 0 radical (unpaired) electrons. The maximum absolute atomic E-state index is 13.3. The molecular weight excluding hydrogens is 461 g/mol. The van der Waals surface area contributed by atoms with Gasteiger partial charge < -0.3 is 0 Å². The molecule has 0 aromatic heterocycles. The quantitative estimate of drug-likeness (QED) is 0.574. The molecule has 0 bridgehead atoms. The van der Waals surface area contributed by atoms with Crippen LogP contribution >= 0.6 is 48.2 Å². The molecule has 30 heavy (non-hydrogen) atoms. The number of amides is 1. The van der Waals surface area contributed by atoms with E-state index in [4.69, 9.17) is 11.6 Å². The lowest BCUT2D eigenvalue weighted by Crippen LogP contribution is -2.50. The predicted molar refractivity (Wildman–Crippen MR) is 129 cm³/mol. The molecule has 0 aliphatic carbocycles. The summed E-state index contributed by atoms with van der Waals surface area (Å²) in [6.45, 7) is 5.38. The van der Waals surface area contributed by atoms with Crippen LogP contribution in [0.3, 0.4) is 0 Å². The van der Waals surface area contributed by atoms with Crippen molar-refractivity contribution in [3.63, 3.8) is 0 Å². The molecule has 0 spiro atoms. The van der Waals surface area contributed by atoms with E-state index < -0.39 is 0 Å². The normalized spacial score (nSPS) is 20.4. The van der Waals surface area contributed by atoms with Crippen LogP contribution < -0.4 is 4.90 Å². The van der Waals surface area contributed by atoms with Crippen molar-refractivity contribution in [3.05, 3.63) is 47.5 Å². The second-order valence-corrected chi connectivity index (χ2v) is 9.31. The topological polar surface area (TPSA) is 26.8 Å². The van der Waals surface area contributed by atoms with Gasteiger partial charge in [-0.3, -0.25) is 19.5 Å². The van der Waals surface area contributed by atoms with Gasteiger partial charge in [0.15, 0.2) is 0 Å². The molecule has 0 N–H and O–H groups in total. The van der Waals surface area contributed by atoms with E-state index in [-0.39, 0.29) is 30.7 Å². The number of fused-ring (bicyclic) bond motifs is 3. The van der Waals surface area contributed by atoms with E-state index in [1.165, 1.54) is 19.4 Å². The summed E-state index contributed by atoms with van der Waals surface area (Å²) in [6.07, 6.45) is 3.14. The molecule has 2 saturated heterocycles. The van der Waals surface area contributed by atoms with E-state index in [9.17, 15) is 4.79 Å². The molecule has 5 rings (SSSR count). The Hall–Kier alpha value is -0.950. The van der Waals surface area contributed by atoms with Crippen LogP contribution in [0.15, 0.2) is 52.3 Å². The first-order chi connectivity index (χ1) is 13.7. The van der Waals surface area contributed by atoms with E-state index in [2.05, 4.69) is 15.9 Å². The number of nitrogens with zero attached hydrogens (tertiary/aromatic N) is 3. The van der Waals surface area contributed by atoms with Gasteiger partial charge in [0, 0.05) is 53.5 Å². The Balaban J connectivity index is 0.00000128.